The summed E-state index contributed by atoms with van der Waals surface area (Å²) in [6.45, 7) is 0.359. The molecule has 1 N–H and O–H groups in total. The van der Waals surface area contributed by atoms with Crippen molar-refractivity contribution in [2.45, 2.75) is 24.9 Å². The summed E-state index contributed by atoms with van der Waals surface area (Å²) in [4.78, 5) is 13.0. The molecule has 1 aliphatic rings. The Labute approximate surface area is 131 Å². The molecule has 2 aromatic rings. The van der Waals surface area contributed by atoms with Gasteiger partial charge in [-0.25, -0.2) is 0 Å². The lowest BCUT2D eigenvalue weighted by Crippen LogP contribution is -2.29. The largest absolute Gasteiger partial charge is 0.374 e. The summed E-state index contributed by atoms with van der Waals surface area (Å²) in [5, 5.41) is 6.62. The highest BCUT2D eigenvalue weighted by atomic mass is 35.5. The Kier molecular flexibility index (Phi) is 4.28. The van der Waals surface area contributed by atoms with Gasteiger partial charge in [0, 0.05) is 30.5 Å². The lowest BCUT2D eigenvalue weighted by molar-refractivity contribution is 0.0830. The zero-order valence-electron chi connectivity index (χ0n) is 11.5. The van der Waals surface area contributed by atoms with Crippen molar-refractivity contribution < 1.29 is 14.1 Å². The first kappa shape index (κ1) is 14.6. The summed E-state index contributed by atoms with van der Waals surface area (Å²) in [5.74, 6) is 0.989. The van der Waals surface area contributed by atoms with Crippen LogP contribution in [0.2, 0.25) is 4.34 Å². The van der Waals surface area contributed by atoms with E-state index in [0.717, 1.165) is 23.5 Å². The third-order valence-corrected chi connectivity index (χ3v) is 4.71. The van der Waals surface area contributed by atoms with Gasteiger partial charge in [-0.2, -0.15) is 0 Å². The fraction of sp³-hybridized carbons (Fsp3) is 0.429. The first-order valence-electron chi connectivity index (χ1n) is 6.70. The van der Waals surface area contributed by atoms with Crippen LogP contribution in [0.3, 0.4) is 0 Å². The van der Waals surface area contributed by atoms with Crippen LogP contribution in [0.15, 0.2) is 22.7 Å². The zero-order chi connectivity index (χ0) is 14.8. The van der Waals surface area contributed by atoms with E-state index in [0.29, 0.717) is 22.5 Å². The Bertz CT molecular complexity index is 636. The van der Waals surface area contributed by atoms with Crippen LogP contribution in [-0.2, 0) is 4.74 Å². The molecule has 21 heavy (non-hydrogen) atoms. The summed E-state index contributed by atoms with van der Waals surface area (Å²) >= 11 is 7.35. The monoisotopic (exact) mass is 326 g/mol. The van der Waals surface area contributed by atoms with E-state index in [9.17, 15) is 4.79 Å². The standard InChI is InChI=1S/C14H15ClN2O3S/c1-19-11(12-4-5-13(15)21-12)7-16-14(18)9-6-10(20-17-9)8-2-3-8/h4-6,8,11H,2-3,7H2,1H3,(H,16,18)/t11-/m1/s1. The van der Waals surface area contributed by atoms with Gasteiger partial charge in [-0.1, -0.05) is 16.8 Å². The molecule has 112 valence electrons. The van der Waals surface area contributed by atoms with E-state index in [4.69, 9.17) is 20.9 Å². The molecule has 2 aromatic heterocycles. The molecule has 0 saturated heterocycles. The predicted molar refractivity (Wildman–Crippen MR) is 79.9 cm³/mol. The number of hydrogen-bond donors (Lipinski definition) is 1. The van der Waals surface area contributed by atoms with Crippen molar-refractivity contribution in [2.75, 3.05) is 13.7 Å². The number of amides is 1. The summed E-state index contributed by atoms with van der Waals surface area (Å²) in [6.07, 6.45) is 2.00. The van der Waals surface area contributed by atoms with Crippen LogP contribution in [0, 0.1) is 0 Å². The molecule has 0 bridgehead atoms. The van der Waals surface area contributed by atoms with Crippen LogP contribution in [0.5, 0.6) is 0 Å². The molecule has 1 fully saturated rings. The molecule has 0 aromatic carbocycles. The third-order valence-electron chi connectivity index (χ3n) is 3.38. The predicted octanol–water partition coefficient (Wildman–Crippen LogP) is 3.38. The fourth-order valence-corrected chi connectivity index (χ4v) is 3.17. The lowest BCUT2D eigenvalue weighted by Gasteiger charge is -2.13. The average Bonchev–Trinajstić information content (AvgIpc) is 3.05. The number of carbonyl (C=O) groups is 1. The minimum absolute atomic E-state index is 0.221. The molecule has 0 aliphatic heterocycles. The number of ether oxygens (including phenoxy) is 1. The second-order valence-corrected chi connectivity index (χ2v) is 6.71. The van der Waals surface area contributed by atoms with E-state index in [1.165, 1.54) is 11.3 Å². The number of aromatic nitrogens is 1. The van der Waals surface area contributed by atoms with Crippen LogP contribution < -0.4 is 5.32 Å². The van der Waals surface area contributed by atoms with Gasteiger partial charge in [-0.15, -0.1) is 11.3 Å². The van der Waals surface area contributed by atoms with Crippen molar-refractivity contribution in [3.05, 3.63) is 38.9 Å². The van der Waals surface area contributed by atoms with E-state index < -0.39 is 0 Å². The van der Waals surface area contributed by atoms with E-state index in [1.807, 2.05) is 12.1 Å². The highest BCUT2D eigenvalue weighted by Gasteiger charge is 2.29. The number of halogens is 1. The molecule has 2 heterocycles. The van der Waals surface area contributed by atoms with Crippen LogP contribution in [0.25, 0.3) is 0 Å². The van der Waals surface area contributed by atoms with Gasteiger partial charge in [0.1, 0.15) is 11.9 Å². The van der Waals surface area contributed by atoms with Crippen LogP contribution >= 0.6 is 22.9 Å². The average molecular weight is 327 g/mol. The van der Waals surface area contributed by atoms with Crippen molar-refractivity contribution in [3.8, 4) is 0 Å². The number of methoxy groups -OCH3 is 1. The van der Waals surface area contributed by atoms with Gasteiger partial charge in [-0.3, -0.25) is 4.79 Å². The molecule has 1 atom stereocenters. The van der Waals surface area contributed by atoms with Crippen molar-refractivity contribution >= 4 is 28.8 Å². The normalized spacial score (nSPS) is 15.9. The van der Waals surface area contributed by atoms with E-state index in [2.05, 4.69) is 10.5 Å². The quantitative estimate of drug-likeness (QED) is 0.883. The SMILES string of the molecule is CO[C@H](CNC(=O)c1cc(C2CC2)on1)c1ccc(Cl)s1. The Morgan fingerprint density at radius 1 is 1.62 bits per heavy atom. The highest BCUT2D eigenvalue weighted by Crippen LogP contribution is 2.40. The van der Waals surface area contributed by atoms with Crippen molar-refractivity contribution in [1.82, 2.24) is 10.5 Å². The Hall–Kier alpha value is -1.37. The van der Waals surface area contributed by atoms with Gasteiger partial charge in [-0.05, 0) is 25.0 Å². The molecule has 1 saturated carbocycles. The molecule has 5 nitrogen and oxygen atoms in total. The van der Waals surface area contributed by atoms with E-state index >= 15 is 0 Å². The van der Waals surface area contributed by atoms with Crippen molar-refractivity contribution in [1.29, 1.82) is 0 Å². The maximum absolute atomic E-state index is 12.0. The smallest absolute Gasteiger partial charge is 0.273 e. The molecule has 0 unspecified atom stereocenters. The Balaban J connectivity index is 1.58. The highest BCUT2D eigenvalue weighted by molar-refractivity contribution is 7.16. The maximum atomic E-state index is 12.0. The fourth-order valence-electron chi connectivity index (χ4n) is 2.03. The van der Waals surface area contributed by atoms with Crippen molar-refractivity contribution in [2.24, 2.45) is 0 Å². The van der Waals surface area contributed by atoms with Gasteiger partial charge < -0.3 is 14.6 Å². The number of hydrogen-bond acceptors (Lipinski definition) is 5. The number of nitrogens with one attached hydrogen (secondary N) is 1. The molecule has 1 amide bonds. The van der Waals surface area contributed by atoms with Gasteiger partial charge >= 0.3 is 0 Å². The van der Waals surface area contributed by atoms with E-state index in [1.54, 1.807) is 13.2 Å². The first-order chi connectivity index (χ1) is 10.2. The van der Waals surface area contributed by atoms with Crippen LogP contribution in [0.1, 0.15) is 46.0 Å². The zero-order valence-corrected chi connectivity index (χ0v) is 13.0. The van der Waals surface area contributed by atoms with Gasteiger partial charge in [0.25, 0.3) is 5.91 Å². The molecular formula is C14H15ClN2O3S. The number of nitrogens with zero attached hydrogens (tertiary/aromatic N) is 1. The second kappa shape index (κ2) is 6.17. The molecule has 1 aliphatic carbocycles. The third kappa shape index (κ3) is 3.45. The van der Waals surface area contributed by atoms with E-state index in [-0.39, 0.29) is 12.0 Å². The summed E-state index contributed by atoms with van der Waals surface area (Å²) in [6, 6.07) is 5.43. The summed E-state index contributed by atoms with van der Waals surface area (Å²) in [5.41, 5.74) is 0.316. The summed E-state index contributed by atoms with van der Waals surface area (Å²) in [7, 11) is 1.60. The van der Waals surface area contributed by atoms with Crippen molar-refractivity contribution in [3.63, 3.8) is 0 Å². The second-order valence-electron chi connectivity index (χ2n) is 4.97. The van der Waals surface area contributed by atoms with Gasteiger partial charge in [0.2, 0.25) is 0 Å². The number of thiophene rings is 1. The lowest BCUT2D eigenvalue weighted by atomic mass is 10.2. The molecule has 0 radical (unpaired) electrons. The van der Waals surface area contributed by atoms with Crippen LogP contribution in [-0.4, -0.2) is 24.7 Å². The number of carbonyl (C=O) groups excluding carboxylic acids is 1. The first-order valence-corrected chi connectivity index (χ1v) is 7.89. The Morgan fingerprint density at radius 3 is 3.05 bits per heavy atom. The number of rotatable bonds is 6. The van der Waals surface area contributed by atoms with Gasteiger partial charge in [0.15, 0.2) is 5.69 Å². The molecule has 0 spiro atoms. The minimum atomic E-state index is -0.254. The Morgan fingerprint density at radius 2 is 2.43 bits per heavy atom. The topological polar surface area (TPSA) is 64.4 Å². The van der Waals surface area contributed by atoms with Crippen LogP contribution in [0.4, 0.5) is 0 Å². The molecule has 3 rings (SSSR count). The van der Waals surface area contributed by atoms with Gasteiger partial charge in [0.05, 0.1) is 4.34 Å². The molecule has 7 heteroatoms. The molecular weight excluding hydrogens is 312 g/mol. The maximum Gasteiger partial charge on any atom is 0.273 e. The summed E-state index contributed by atoms with van der Waals surface area (Å²) < 4.78 is 11.3. The minimum Gasteiger partial charge on any atom is -0.374 e.